The van der Waals surface area contributed by atoms with Gasteiger partial charge in [0.25, 0.3) is 0 Å². The molecule has 0 fully saturated rings. The van der Waals surface area contributed by atoms with Gasteiger partial charge in [0.15, 0.2) is 0 Å². The normalized spacial score (nSPS) is 12.0. The van der Waals surface area contributed by atoms with E-state index in [1.165, 1.54) is 6.92 Å². The second-order valence-corrected chi connectivity index (χ2v) is 1.77. The Morgan fingerprint density at radius 3 is 2.00 bits per heavy atom. The first kappa shape index (κ1) is 5.93. The Balaban J connectivity index is 3.17. The van der Waals surface area contributed by atoms with E-state index < -0.39 is 5.67 Å². The molecule has 37 valence electrons. The minimum Gasteiger partial charge on any atom is -0.244 e. The van der Waals surface area contributed by atoms with Crippen molar-refractivity contribution in [3.8, 4) is 0 Å². The van der Waals surface area contributed by atoms with Gasteiger partial charge in [-0.3, -0.25) is 0 Å². The van der Waals surface area contributed by atoms with E-state index in [4.69, 9.17) is 0 Å². The summed E-state index contributed by atoms with van der Waals surface area (Å²) in [6, 6.07) is 0. The zero-order valence-corrected chi connectivity index (χ0v) is 4.29. The predicted octanol–water partition coefficient (Wildman–Crippen LogP) is 1.96. The van der Waals surface area contributed by atoms with Crippen LogP contribution in [0.25, 0.3) is 0 Å². The maximum absolute atomic E-state index is 12.0. The van der Waals surface area contributed by atoms with Gasteiger partial charge in [0.1, 0.15) is 5.67 Å². The van der Waals surface area contributed by atoms with Crippen LogP contribution in [0.5, 0.6) is 0 Å². The molecule has 0 spiro atoms. The fourth-order valence-electron chi connectivity index (χ4n) is 0. The van der Waals surface area contributed by atoms with Crippen molar-refractivity contribution in [3.05, 3.63) is 6.92 Å². The second kappa shape index (κ2) is 1.59. The molecule has 0 aromatic heterocycles. The van der Waals surface area contributed by atoms with Gasteiger partial charge in [-0.25, -0.2) is 4.39 Å². The van der Waals surface area contributed by atoms with E-state index in [1.807, 2.05) is 0 Å². The van der Waals surface area contributed by atoms with Crippen molar-refractivity contribution >= 4 is 0 Å². The van der Waals surface area contributed by atoms with E-state index in [0.717, 1.165) is 0 Å². The van der Waals surface area contributed by atoms with Crippen LogP contribution in [0.15, 0.2) is 0 Å². The standard InChI is InChI=1S/C5H10F/c1-4-5(2,3)6/h2,4H2,1,3H3. The fraction of sp³-hybridized carbons (Fsp3) is 0.800. The Labute approximate surface area is 38.4 Å². The van der Waals surface area contributed by atoms with Gasteiger partial charge in [0.2, 0.25) is 0 Å². The summed E-state index contributed by atoms with van der Waals surface area (Å²) in [4.78, 5) is 0. The SMILES string of the molecule is [CH2]C(C)(F)CC. The Bertz CT molecular complexity index is 33.7. The lowest BCUT2D eigenvalue weighted by atomic mass is 10.1. The van der Waals surface area contributed by atoms with Crippen molar-refractivity contribution in [2.45, 2.75) is 25.9 Å². The van der Waals surface area contributed by atoms with Gasteiger partial charge in [0.05, 0.1) is 0 Å². The van der Waals surface area contributed by atoms with Gasteiger partial charge in [-0.05, 0) is 20.3 Å². The first-order chi connectivity index (χ1) is 2.56. The molecule has 0 aliphatic heterocycles. The lowest BCUT2D eigenvalue weighted by molar-refractivity contribution is 0.246. The van der Waals surface area contributed by atoms with E-state index in [1.54, 1.807) is 6.92 Å². The molecular formula is C5H10F. The third kappa shape index (κ3) is 3.93. The molecule has 0 N–H and O–H groups in total. The first-order valence-corrected chi connectivity index (χ1v) is 2.10. The molecular weight excluding hydrogens is 79.1 g/mol. The smallest absolute Gasteiger partial charge is 0.108 e. The van der Waals surface area contributed by atoms with Gasteiger partial charge in [-0.15, -0.1) is 0 Å². The molecule has 1 radical (unpaired) electrons. The molecule has 0 saturated heterocycles. The Hall–Kier alpha value is -0.0700. The van der Waals surface area contributed by atoms with Crippen LogP contribution >= 0.6 is 0 Å². The number of alkyl halides is 1. The van der Waals surface area contributed by atoms with Crippen LogP contribution in [-0.2, 0) is 0 Å². The maximum atomic E-state index is 12.0. The van der Waals surface area contributed by atoms with Gasteiger partial charge >= 0.3 is 0 Å². The van der Waals surface area contributed by atoms with Crippen LogP contribution in [0, 0.1) is 6.92 Å². The number of hydrogen-bond donors (Lipinski definition) is 0. The summed E-state index contributed by atoms with van der Waals surface area (Å²) < 4.78 is 12.0. The summed E-state index contributed by atoms with van der Waals surface area (Å²) in [5, 5.41) is 0. The lowest BCUT2D eigenvalue weighted by Gasteiger charge is -2.07. The number of halogens is 1. The summed E-state index contributed by atoms with van der Waals surface area (Å²) in [5.74, 6) is 0. The number of hydrogen-bond acceptors (Lipinski definition) is 0. The van der Waals surface area contributed by atoms with E-state index >= 15 is 0 Å². The maximum Gasteiger partial charge on any atom is 0.108 e. The molecule has 0 aliphatic carbocycles. The van der Waals surface area contributed by atoms with Crippen molar-refractivity contribution in [2.75, 3.05) is 0 Å². The summed E-state index contributed by atoms with van der Waals surface area (Å²) >= 11 is 0. The topological polar surface area (TPSA) is 0 Å². The Morgan fingerprint density at radius 1 is 1.83 bits per heavy atom. The Morgan fingerprint density at radius 2 is 2.00 bits per heavy atom. The molecule has 0 nitrogen and oxygen atoms in total. The van der Waals surface area contributed by atoms with Gasteiger partial charge in [0, 0.05) is 0 Å². The lowest BCUT2D eigenvalue weighted by Crippen LogP contribution is -2.08. The molecule has 1 atom stereocenters. The zero-order chi connectivity index (χ0) is 5.21. The minimum atomic E-state index is -1.21. The van der Waals surface area contributed by atoms with Crippen LogP contribution in [-0.4, -0.2) is 5.67 Å². The molecule has 0 aromatic rings. The predicted molar refractivity (Wildman–Crippen MR) is 25.2 cm³/mol. The average Bonchev–Trinajstić information content (AvgIpc) is 1.35. The summed E-state index contributed by atoms with van der Waals surface area (Å²) in [6.45, 7) is 6.46. The highest BCUT2D eigenvalue weighted by molar-refractivity contribution is 4.71. The molecule has 0 heterocycles. The highest BCUT2D eigenvalue weighted by Gasteiger charge is 2.09. The van der Waals surface area contributed by atoms with Crippen LogP contribution in [0.1, 0.15) is 20.3 Å². The van der Waals surface area contributed by atoms with Gasteiger partial charge in [-0.2, -0.15) is 0 Å². The highest BCUT2D eigenvalue weighted by Crippen LogP contribution is 2.10. The second-order valence-electron chi connectivity index (χ2n) is 1.77. The van der Waals surface area contributed by atoms with Crippen molar-refractivity contribution < 1.29 is 4.39 Å². The van der Waals surface area contributed by atoms with Crippen molar-refractivity contribution in [1.29, 1.82) is 0 Å². The molecule has 0 amide bonds. The monoisotopic (exact) mass is 89.1 g/mol. The zero-order valence-electron chi connectivity index (χ0n) is 4.29. The van der Waals surface area contributed by atoms with E-state index in [-0.39, 0.29) is 0 Å². The molecule has 1 unspecified atom stereocenters. The highest BCUT2D eigenvalue weighted by atomic mass is 19.1. The molecule has 0 saturated carbocycles. The molecule has 0 rings (SSSR count). The van der Waals surface area contributed by atoms with Gasteiger partial charge < -0.3 is 0 Å². The molecule has 0 aliphatic rings. The summed E-state index contributed by atoms with van der Waals surface area (Å²) in [7, 11) is 0. The molecule has 0 aromatic carbocycles. The average molecular weight is 89.1 g/mol. The molecule has 6 heavy (non-hydrogen) atoms. The van der Waals surface area contributed by atoms with E-state index in [0.29, 0.717) is 6.42 Å². The third-order valence-electron chi connectivity index (χ3n) is 0.737. The minimum absolute atomic E-state index is 0.493. The quantitative estimate of drug-likeness (QED) is 0.460. The van der Waals surface area contributed by atoms with E-state index in [9.17, 15) is 4.39 Å². The Kier molecular flexibility index (Phi) is 1.57. The largest absolute Gasteiger partial charge is 0.244 e. The van der Waals surface area contributed by atoms with Crippen LogP contribution < -0.4 is 0 Å². The van der Waals surface area contributed by atoms with Crippen molar-refractivity contribution in [2.24, 2.45) is 0 Å². The molecule has 1 heteroatoms. The van der Waals surface area contributed by atoms with Crippen LogP contribution in [0.2, 0.25) is 0 Å². The van der Waals surface area contributed by atoms with Crippen molar-refractivity contribution in [3.63, 3.8) is 0 Å². The van der Waals surface area contributed by atoms with Crippen LogP contribution in [0.3, 0.4) is 0 Å². The molecule has 0 bridgehead atoms. The third-order valence-corrected chi connectivity index (χ3v) is 0.737. The van der Waals surface area contributed by atoms with Crippen molar-refractivity contribution in [1.82, 2.24) is 0 Å². The fourth-order valence-corrected chi connectivity index (χ4v) is 0. The summed E-state index contributed by atoms with van der Waals surface area (Å²) in [6.07, 6.45) is 0.493. The first-order valence-electron chi connectivity index (χ1n) is 2.10. The number of rotatable bonds is 1. The van der Waals surface area contributed by atoms with E-state index in [2.05, 4.69) is 6.92 Å². The van der Waals surface area contributed by atoms with Crippen LogP contribution in [0.4, 0.5) is 4.39 Å². The summed E-state index contributed by atoms with van der Waals surface area (Å²) in [5.41, 5.74) is -1.21. The van der Waals surface area contributed by atoms with Gasteiger partial charge in [-0.1, -0.05) is 6.92 Å².